The van der Waals surface area contributed by atoms with Gasteiger partial charge in [-0.05, 0) is 19.8 Å². The second-order valence-electron chi connectivity index (χ2n) is 3.75. The zero-order valence-corrected chi connectivity index (χ0v) is 9.54. The fourth-order valence-electron chi connectivity index (χ4n) is 2.12. The van der Waals surface area contributed by atoms with Gasteiger partial charge in [-0.25, -0.2) is 0 Å². The molecule has 0 N–H and O–H groups in total. The average Bonchev–Trinajstić information content (AvgIpc) is 2.56. The molecule has 1 saturated heterocycles. The Kier molecular flexibility index (Phi) is 3.72. The predicted molar refractivity (Wildman–Crippen MR) is 54.1 cm³/mol. The van der Waals surface area contributed by atoms with Gasteiger partial charge in [0.1, 0.15) is 11.5 Å². The molecule has 1 fully saturated rings. The molecular formula is C11H18O4. The van der Waals surface area contributed by atoms with Crippen LogP contribution in [-0.2, 0) is 19.1 Å². The third-order valence-electron chi connectivity index (χ3n) is 3.09. The van der Waals surface area contributed by atoms with Crippen LogP contribution in [-0.4, -0.2) is 24.1 Å². The first-order valence-electron chi connectivity index (χ1n) is 5.48. The Morgan fingerprint density at radius 1 is 1.47 bits per heavy atom. The lowest BCUT2D eigenvalue weighted by Gasteiger charge is -2.29. The normalized spacial score (nSPS) is 23.7. The van der Waals surface area contributed by atoms with E-state index in [0.29, 0.717) is 19.4 Å². The van der Waals surface area contributed by atoms with Gasteiger partial charge in [-0.2, -0.15) is 0 Å². The Morgan fingerprint density at radius 3 is 2.53 bits per heavy atom. The first-order chi connectivity index (χ1) is 7.09. The van der Waals surface area contributed by atoms with Crippen molar-refractivity contribution in [2.75, 3.05) is 6.61 Å². The van der Waals surface area contributed by atoms with Gasteiger partial charge in [0.15, 0.2) is 0 Å². The Labute approximate surface area is 89.9 Å². The van der Waals surface area contributed by atoms with E-state index in [1.54, 1.807) is 6.92 Å². The molecule has 1 aliphatic rings. The minimum absolute atomic E-state index is 0.153. The molecule has 1 heterocycles. The summed E-state index contributed by atoms with van der Waals surface area (Å²) in [5, 5.41) is 0. The molecule has 1 atom stereocenters. The molecule has 15 heavy (non-hydrogen) atoms. The number of hydrogen-bond acceptors (Lipinski definition) is 4. The molecule has 4 nitrogen and oxygen atoms in total. The molecule has 0 bridgehead atoms. The summed E-state index contributed by atoms with van der Waals surface area (Å²) >= 11 is 0. The summed E-state index contributed by atoms with van der Waals surface area (Å²) < 4.78 is 10.2. The fourth-order valence-corrected chi connectivity index (χ4v) is 2.12. The SMILES string of the molecule is CCOC(=O)C1CC(=O)OC1(CC)CC. The number of carbonyl (C=O) groups is 2. The van der Waals surface area contributed by atoms with Gasteiger partial charge in [0.25, 0.3) is 0 Å². The predicted octanol–water partition coefficient (Wildman–Crippen LogP) is 1.67. The van der Waals surface area contributed by atoms with Gasteiger partial charge in [0.05, 0.1) is 13.0 Å². The molecule has 0 aliphatic carbocycles. The Hall–Kier alpha value is -1.06. The maximum absolute atomic E-state index is 11.7. The van der Waals surface area contributed by atoms with E-state index in [1.165, 1.54) is 0 Å². The molecule has 0 radical (unpaired) electrons. The van der Waals surface area contributed by atoms with Gasteiger partial charge >= 0.3 is 11.9 Å². The number of cyclic esters (lactones) is 1. The van der Waals surface area contributed by atoms with Crippen LogP contribution in [0.2, 0.25) is 0 Å². The zero-order chi connectivity index (χ0) is 11.5. The van der Waals surface area contributed by atoms with Gasteiger partial charge < -0.3 is 9.47 Å². The second kappa shape index (κ2) is 4.64. The molecule has 1 rings (SSSR count). The number of carbonyl (C=O) groups excluding carboxylic acids is 2. The van der Waals surface area contributed by atoms with E-state index in [9.17, 15) is 9.59 Å². The largest absolute Gasteiger partial charge is 0.466 e. The average molecular weight is 214 g/mol. The lowest BCUT2D eigenvalue weighted by molar-refractivity contribution is -0.158. The van der Waals surface area contributed by atoms with Crippen molar-refractivity contribution in [1.29, 1.82) is 0 Å². The highest BCUT2D eigenvalue weighted by atomic mass is 16.6. The third kappa shape index (κ3) is 2.13. The van der Waals surface area contributed by atoms with Gasteiger partial charge in [-0.15, -0.1) is 0 Å². The van der Waals surface area contributed by atoms with E-state index in [0.717, 1.165) is 0 Å². The van der Waals surface area contributed by atoms with Crippen molar-refractivity contribution >= 4 is 11.9 Å². The topological polar surface area (TPSA) is 52.6 Å². The van der Waals surface area contributed by atoms with E-state index in [1.807, 2.05) is 13.8 Å². The molecule has 1 unspecified atom stereocenters. The fraction of sp³-hybridized carbons (Fsp3) is 0.818. The molecule has 4 heteroatoms. The van der Waals surface area contributed by atoms with Gasteiger partial charge in [0.2, 0.25) is 0 Å². The van der Waals surface area contributed by atoms with Crippen molar-refractivity contribution in [2.24, 2.45) is 5.92 Å². The molecule has 86 valence electrons. The lowest BCUT2D eigenvalue weighted by Crippen LogP contribution is -2.39. The standard InChI is InChI=1S/C11H18O4/c1-4-11(5-2)8(7-9(12)15-11)10(13)14-6-3/h8H,4-7H2,1-3H3. The molecule has 0 spiro atoms. The van der Waals surface area contributed by atoms with Crippen molar-refractivity contribution in [2.45, 2.75) is 45.6 Å². The van der Waals surface area contributed by atoms with Gasteiger partial charge in [-0.1, -0.05) is 13.8 Å². The van der Waals surface area contributed by atoms with E-state index >= 15 is 0 Å². The zero-order valence-electron chi connectivity index (χ0n) is 9.54. The van der Waals surface area contributed by atoms with Crippen LogP contribution in [0.4, 0.5) is 0 Å². The molecule has 0 aromatic rings. The number of hydrogen-bond donors (Lipinski definition) is 0. The van der Waals surface area contributed by atoms with Crippen LogP contribution >= 0.6 is 0 Å². The van der Waals surface area contributed by atoms with Crippen LogP contribution in [0.25, 0.3) is 0 Å². The summed E-state index contributed by atoms with van der Waals surface area (Å²) in [4.78, 5) is 22.9. The summed E-state index contributed by atoms with van der Waals surface area (Å²) in [5.41, 5.74) is -0.636. The first-order valence-corrected chi connectivity index (χ1v) is 5.48. The Balaban J connectivity index is 2.85. The molecular weight excluding hydrogens is 196 g/mol. The lowest BCUT2D eigenvalue weighted by atomic mass is 9.83. The van der Waals surface area contributed by atoms with E-state index in [-0.39, 0.29) is 18.4 Å². The Morgan fingerprint density at radius 2 is 2.07 bits per heavy atom. The first kappa shape index (κ1) is 12.0. The van der Waals surface area contributed by atoms with Crippen LogP contribution in [0.15, 0.2) is 0 Å². The van der Waals surface area contributed by atoms with Gasteiger partial charge in [-0.3, -0.25) is 9.59 Å². The molecule has 0 aromatic heterocycles. The Bertz CT molecular complexity index is 255. The molecule has 0 aromatic carbocycles. The highest BCUT2D eigenvalue weighted by molar-refractivity contribution is 5.84. The summed E-state index contributed by atoms with van der Waals surface area (Å²) in [7, 11) is 0. The number of rotatable bonds is 4. The van der Waals surface area contributed by atoms with Crippen LogP contribution in [0, 0.1) is 5.92 Å². The second-order valence-corrected chi connectivity index (χ2v) is 3.75. The van der Waals surface area contributed by atoms with E-state index in [4.69, 9.17) is 9.47 Å². The number of esters is 2. The summed E-state index contributed by atoms with van der Waals surface area (Å²) in [6, 6.07) is 0. The van der Waals surface area contributed by atoms with Crippen LogP contribution in [0.1, 0.15) is 40.0 Å². The van der Waals surface area contributed by atoms with Crippen LogP contribution in [0.3, 0.4) is 0 Å². The quantitative estimate of drug-likeness (QED) is 0.668. The van der Waals surface area contributed by atoms with E-state index < -0.39 is 11.5 Å². The highest BCUT2D eigenvalue weighted by Gasteiger charge is 2.51. The highest BCUT2D eigenvalue weighted by Crippen LogP contribution is 2.39. The van der Waals surface area contributed by atoms with Crippen LogP contribution < -0.4 is 0 Å². The summed E-state index contributed by atoms with van der Waals surface area (Å²) in [6.45, 7) is 5.95. The summed E-state index contributed by atoms with van der Waals surface area (Å²) in [5.74, 6) is -1.04. The third-order valence-corrected chi connectivity index (χ3v) is 3.09. The van der Waals surface area contributed by atoms with Crippen molar-refractivity contribution in [3.8, 4) is 0 Å². The minimum atomic E-state index is -0.636. The smallest absolute Gasteiger partial charge is 0.313 e. The van der Waals surface area contributed by atoms with Crippen LogP contribution in [0.5, 0.6) is 0 Å². The molecule has 0 saturated carbocycles. The van der Waals surface area contributed by atoms with Crippen molar-refractivity contribution < 1.29 is 19.1 Å². The van der Waals surface area contributed by atoms with Crippen molar-refractivity contribution in [1.82, 2.24) is 0 Å². The minimum Gasteiger partial charge on any atom is -0.466 e. The monoisotopic (exact) mass is 214 g/mol. The maximum Gasteiger partial charge on any atom is 0.313 e. The molecule has 0 amide bonds. The molecule has 1 aliphatic heterocycles. The van der Waals surface area contributed by atoms with Crippen molar-refractivity contribution in [3.63, 3.8) is 0 Å². The van der Waals surface area contributed by atoms with Gasteiger partial charge in [0, 0.05) is 0 Å². The van der Waals surface area contributed by atoms with E-state index in [2.05, 4.69) is 0 Å². The number of ether oxygens (including phenoxy) is 2. The summed E-state index contributed by atoms with van der Waals surface area (Å²) in [6.07, 6.45) is 1.46. The van der Waals surface area contributed by atoms with Crippen molar-refractivity contribution in [3.05, 3.63) is 0 Å². The maximum atomic E-state index is 11.7.